The van der Waals surface area contributed by atoms with Crippen LogP contribution in [0.15, 0.2) is 41.3 Å². The van der Waals surface area contributed by atoms with Crippen molar-refractivity contribution in [1.29, 1.82) is 0 Å². The van der Waals surface area contributed by atoms with Crippen LogP contribution in [0.3, 0.4) is 0 Å². The normalized spacial score (nSPS) is 11.2. The summed E-state index contributed by atoms with van der Waals surface area (Å²) in [5, 5.41) is 7.70. The predicted octanol–water partition coefficient (Wildman–Crippen LogP) is 3.75. The summed E-state index contributed by atoms with van der Waals surface area (Å²) in [5.74, 6) is 1.23. The van der Waals surface area contributed by atoms with Crippen LogP contribution >= 0.6 is 15.9 Å². The maximum atomic E-state index is 4.64. The molecule has 0 atom stereocenters. The molecule has 20 heavy (non-hydrogen) atoms. The van der Waals surface area contributed by atoms with Gasteiger partial charge >= 0.3 is 0 Å². The number of anilines is 2. The summed E-state index contributed by atoms with van der Waals surface area (Å²) in [6.45, 7) is 4.25. The molecule has 0 aliphatic rings. The zero-order valence-electron chi connectivity index (χ0n) is 11.2. The average Bonchev–Trinajstić information content (AvgIpc) is 2.82. The quantitative estimate of drug-likeness (QED) is 0.794. The molecule has 3 aromatic heterocycles. The van der Waals surface area contributed by atoms with Gasteiger partial charge in [0.1, 0.15) is 5.82 Å². The van der Waals surface area contributed by atoms with Crippen LogP contribution in [0.4, 0.5) is 11.5 Å². The highest BCUT2D eigenvalue weighted by molar-refractivity contribution is 9.10. The first-order valence-electron chi connectivity index (χ1n) is 6.36. The van der Waals surface area contributed by atoms with Gasteiger partial charge in [0.05, 0.1) is 10.7 Å². The van der Waals surface area contributed by atoms with Gasteiger partial charge in [0.2, 0.25) is 0 Å². The molecule has 0 fully saturated rings. The molecule has 0 amide bonds. The second-order valence-electron chi connectivity index (χ2n) is 4.81. The van der Waals surface area contributed by atoms with Crippen LogP contribution in [0.1, 0.15) is 25.5 Å². The van der Waals surface area contributed by atoms with E-state index in [9.17, 15) is 0 Å². The molecule has 6 heteroatoms. The van der Waals surface area contributed by atoms with Crippen molar-refractivity contribution in [2.45, 2.75) is 19.8 Å². The lowest BCUT2D eigenvalue weighted by atomic mass is 10.1. The molecule has 3 heterocycles. The highest BCUT2D eigenvalue weighted by Crippen LogP contribution is 2.25. The van der Waals surface area contributed by atoms with E-state index in [4.69, 9.17) is 0 Å². The molecule has 1 N–H and O–H groups in total. The van der Waals surface area contributed by atoms with Gasteiger partial charge in [-0.1, -0.05) is 13.8 Å². The number of pyridine rings is 1. The fourth-order valence-electron chi connectivity index (χ4n) is 1.92. The second-order valence-corrected chi connectivity index (χ2v) is 5.66. The molecule has 0 aliphatic heterocycles. The van der Waals surface area contributed by atoms with Crippen molar-refractivity contribution in [3.63, 3.8) is 0 Å². The molecule has 5 nitrogen and oxygen atoms in total. The van der Waals surface area contributed by atoms with Gasteiger partial charge in [0.25, 0.3) is 0 Å². The fraction of sp³-hybridized carbons (Fsp3) is 0.214. The lowest BCUT2D eigenvalue weighted by molar-refractivity contribution is 0.811. The van der Waals surface area contributed by atoms with Crippen molar-refractivity contribution in [2.75, 3.05) is 5.32 Å². The topological polar surface area (TPSA) is 55.1 Å². The van der Waals surface area contributed by atoms with Crippen LogP contribution in [0, 0.1) is 0 Å². The summed E-state index contributed by atoms with van der Waals surface area (Å²) in [6, 6.07) is 5.86. The first kappa shape index (κ1) is 13.1. The molecule has 0 radical (unpaired) electrons. The van der Waals surface area contributed by atoms with E-state index in [0.29, 0.717) is 5.92 Å². The second kappa shape index (κ2) is 5.20. The minimum atomic E-state index is 0.347. The third-order valence-electron chi connectivity index (χ3n) is 2.99. The Balaban J connectivity index is 2.13. The molecule has 3 aromatic rings. The minimum Gasteiger partial charge on any atom is -0.340 e. The zero-order valence-corrected chi connectivity index (χ0v) is 12.8. The Hall–Kier alpha value is -1.95. The average molecular weight is 332 g/mol. The minimum absolute atomic E-state index is 0.347. The van der Waals surface area contributed by atoms with Gasteiger partial charge in [-0.25, -0.2) is 4.98 Å². The van der Waals surface area contributed by atoms with E-state index in [1.807, 2.05) is 18.2 Å². The molecule has 3 rings (SSSR count). The molecule has 102 valence electrons. The summed E-state index contributed by atoms with van der Waals surface area (Å²) in [6.07, 6.45) is 5.26. The summed E-state index contributed by atoms with van der Waals surface area (Å²) in [7, 11) is 0. The van der Waals surface area contributed by atoms with Gasteiger partial charge in [-0.15, -0.1) is 0 Å². The Morgan fingerprint density at radius 1 is 1.25 bits per heavy atom. The van der Waals surface area contributed by atoms with Gasteiger partial charge in [-0.05, 0) is 34.0 Å². The van der Waals surface area contributed by atoms with E-state index in [1.54, 1.807) is 23.1 Å². The number of aromatic nitrogens is 4. The van der Waals surface area contributed by atoms with E-state index in [1.165, 1.54) is 0 Å². The first-order valence-corrected chi connectivity index (χ1v) is 7.15. The summed E-state index contributed by atoms with van der Waals surface area (Å²) < 4.78 is 2.67. The maximum Gasteiger partial charge on any atom is 0.171 e. The van der Waals surface area contributed by atoms with Crippen molar-refractivity contribution in [2.24, 2.45) is 0 Å². The molecule has 0 aromatic carbocycles. The van der Waals surface area contributed by atoms with E-state index < -0.39 is 0 Å². The van der Waals surface area contributed by atoms with Crippen LogP contribution in [-0.2, 0) is 0 Å². The Morgan fingerprint density at radius 3 is 2.70 bits per heavy atom. The van der Waals surface area contributed by atoms with Crippen LogP contribution in [0.25, 0.3) is 5.65 Å². The monoisotopic (exact) mass is 331 g/mol. The number of nitrogens with zero attached hydrogens (tertiary/aromatic N) is 4. The molecule has 0 spiro atoms. The number of nitrogens with one attached hydrogen (secondary N) is 1. The lowest BCUT2D eigenvalue weighted by Crippen LogP contribution is -2.04. The zero-order chi connectivity index (χ0) is 14.1. The van der Waals surface area contributed by atoms with Crippen molar-refractivity contribution in [3.8, 4) is 0 Å². The standard InChI is InChI=1S/C14H14BrN5/c1-9(2)12-7-13(18-10-3-5-16-6-4-10)20-14(19-12)11(15)8-17-20/h3-9H,1-2H3,(H,16,18). The van der Waals surface area contributed by atoms with E-state index in [0.717, 1.165) is 27.3 Å². The van der Waals surface area contributed by atoms with Gasteiger partial charge in [-0.2, -0.15) is 9.61 Å². The van der Waals surface area contributed by atoms with Gasteiger partial charge in [-0.3, -0.25) is 4.98 Å². The van der Waals surface area contributed by atoms with Crippen molar-refractivity contribution in [1.82, 2.24) is 19.6 Å². The molecule has 0 saturated heterocycles. The van der Waals surface area contributed by atoms with Crippen molar-refractivity contribution >= 4 is 33.1 Å². The molecule has 0 saturated carbocycles. The van der Waals surface area contributed by atoms with Crippen molar-refractivity contribution < 1.29 is 0 Å². The fourth-order valence-corrected chi connectivity index (χ4v) is 2.27. The largest absolute Gasteiger partial charge is 0.340 e. The summed E-state index contributed by atoms with van der Waals surface area (Å²) in [5.41, 5.74) is 2.80. The maximum absolute atomic E-state index is 4.64. The van der Waals surface area contributed by atoms with Crippen LogP contribution in [-0.4, -0.2) is 19.6 Å². The Labute approximate surface area is 125 Å². The molecule has 0 unspecified atom stereocenters. The van der Waals surface area contributed by atoms with Gasteiger partial charge in [0, 0.05) is 29.8 Å². The van der Waals surface area contributed by atoms with E-state index >= 15 is 0 Å². The van der Waals surface area contributed by atoms with E-state index in [-0.39, 0.29) is 0 Å². The predicted molar refractivity (Wildman–Crippen MR) is 82.3 cm³/mol. The highest BCUT2D eigenvalue weighted by atomic mass is 79.9. The Morgan fingerprint density at radius 2 is 2.00 bits per heavy atom. The number of hydrogen-bond acceptors (Lipinski definition) is 4. The number of halogens is 1. The van der Waals surface area contributed by atoms with Crippen LogP contribution < -0.4 is 5.32 Å². The Bertz CT molecular complexity index is 736. The third-order valence-corrected chi connectivity index (χ3v) is 3.55. The summed E-state index contributed by atoms with van der Waals surface area (Å²) >= 11 is 3.49. The number of hydrogen-bond donors (Lipinski definition) is 1. The number of fused-ring (bicyclic) bond motifs is 1. The molecule has 0 bridgehead atoms. The van der Waals surface area contributed by atoms with Gasteiger partial charge in [0.15, 0.2) is 5.65 Å². The van der Waals surface area contributed by atoms with Crippen molar-refractivity contribution in [3.05, 3.63) is 47.0 Å². The lowest BCUT2D eigenvalue weighted by Gasteiger charge is -2.12. The van der Waals surface area contributed by atoms with E-state index in [2.05, 4.69) is 50.2 Å². The molecule has 0 aliphatic carbocycles. The summed E-state index contributed by atoms with van der Waals surface area (Å²) in [4.78, 5) is 8.65. The molecular weight excluding hydrogens is 318 g/mol. The third kappa shape index (κ3) is 2.38. The van der Waals surface area contributed by atoms with Gasteiger partial charge < -0.3 is 5.32 Å². The number of rotatable bonds is 3. The first-order chi connectivity index (χ1) is 9.65. The Kier molecular flexibility index (Phi) is 3.40. The highest BCUT2D eigenvalue weighted by Gasteiger charge is 2.12. The smallest absolute Gasteiger partial charge is 0.171 e. The SMILES string of the molecule is CC(C)c1cc(Nc2ccncc2)n2ncc(Br)c2n1. The van der Waals surface area contributed by atoms with Crippen LogP contribution in [0.2, 0.25) is 0 Å². The molecular formula is C14H14BrN5. The van der Waals surface area contributed by atoms with Crippen LogP contribution in [0.5, 0.6) is 0 Å².